The average Bonchev–Trinajstić information content (AvgIpc) is 2.72. The van der Waals surface area contributed by atoms with Crippen LogP contribution in [0.1, 0.15) is 47.4 Å². The molecular weight excluding hydrogens is 294 g/mol. The number of likely N-dealkylation sites (tertiary alicyclic amines) is 1. The number of ether oxygens (including phenoxy) is 1. The number of rotatable bonds is 3. The summed E-state index contributed by atoms with van der Waals surface area (Å²) in [5, 5.41) is 0. The van der Waals surface area contributed by atoms with E-state index in [1.54, 1.807) is 12.1 Å². The number of anilines is 1. The monoisotopic (exact) mass is 317 g/mol. The van der Waals surface area contributed by atoms with Crippen molar-refractivity contribution in [2.24, 2.45) is 0 Å². The number of hydrogen-bond donors (Lipinski definition) is 1. The maximum absolute atomic E-state index is 12.7. The molecule has 2 aliphatic rings. The van der Waals surface area contributed by atoms with Gasteiger partial charge >= 0.3 is 0 Å². The fourth-order valence-electron chi connectivity index (χ4n) is 3.24. The molecule has 0 aromatic heterocycles. The molecule has 0 atom stereocenters. The van der Waals surface area contributed by atoms with Crippen LogP contribution in [-0.2, 0) is 0 Å². The summed E-state index contributed by atoms with van der Waals surface area (Å²) in [5.74, 6) is 0.000590. The van der Waals surface area contributed by atoms with Gasteiger partial charge < -0.3 is 15.4 Å². The molecule has 0 bridgehead atoms. The van der Waals surface area contributed by atoms with Gasteiger partial charge in [0, 0.05) is 6.04 Å². The highest BCUT2D eigenvalue weighted by Crippen LogP contribution is 2.34. The molecule has 2 N–H and O–H groups in total. The average molecular weight is 317 g/mol. The van der Waals surface area contributed by atoms with Crippen LogP contribution < -0.4 is 10.5 Å². The molecule has 2 aliphatic heterocycles. The van der Waals surface area contributed by atoms with Gasteiger partial charge in [0.1, 0.15) is 5.75 Å². The van der Waals surface area contributed by atoms with Crippen LogP contribution in [-0.4, -0.2) is 53.9 Å². The highest BCUT2D eigenvalue weighted by atomic mass is 16.5. The first kappa shape index (κ1) is 15.8. The summed E-state index contributed by atoms with van der Waals surface area (Å²) in [4.78, 5) is 29.0. The van der Waals surface area contributed by atoms with E-state index in [4.69, 9.17) is 10.5 Å². The molecule has 0 aliphatic carbocycles. The molecule has 23 heavy (non-hydrogen) atoms. The second kappa shape index (κ2) is 5.85. The van der Waals surface area contributed by atoms with Crippen molar-refractivity contribution in [3.63, 3.8) is 0 Å². The number of nitrogens with zero attached hydrogens (tertiary/aromatic N) is 2. The van der Waals surface area contributed by atoms with Gasteiger partial charge in [0.05, 0.1) is 22.9 Å². The number of fused-ring (bicyclic) bond motifs is 1. The molecule has 1 saturated heterocycles. The third kappa shape index (κ3) is 2.79. The van der Waals surface area contributed by atoms with E-state index in [1.807, 2.05) is 13.8 Å². The molecule has 2 amide bonds. The maximum atomic E-state index is 12.7. The van der Waals surface area contributed by atoms with Gasteiger partial charge in [-0.15, -0.1) is 0 Å². The lowest BCUT2D eigenvalue weighted by Crippen LogP contribution is -2.46. The number of benzene rings is 1. The van der Waals surface area contributed by atoms with Crippen LogP contribution in [0.4, 0.5) is 5.69 Å². The van der Waals surface area contributed by atoms with Crippen LogP contribution in [0.15, 0.2) is 12.1 Å². The third-order valence-electron chi connectivity index (χ3n) is 4.46. The van der Waals surface area contributed by atoms with Gasteiger partial charge in [-0.1, -0.05) is 0 Å². The smallest absolute Gasteiger partial charge is 0.261 e. The van der Waals surface area contributed by atoms with E-state index in [1.165, 1.54) is 4.90 Å². The molecule has 0 spiro atoms. The highest BCUT2D eigenvalue weighted by molar-refractivity contribution is 6.22. The first-order chi connectivity index (χ1) is 10.9. The van der Waals surface area contributed by atoms with Gasteiger partial charge in [-0.05, 0) is 59.0 Å². The molecule has 2 heterocycles. The number of amides is 2. The number of carbonyl (C=O) groups is 2. The first-order valence-corrected chi connectivity index (χ1v) is 8.05. The van der Waals surface area contributed by atoms with Gasteiger partial charge in [0.25, 0.3) is 11.8 Å². The molecule has 1 fully saturated rings. The molecule has 1 aromatic carbocycles. The Morgan fingerprint density at radius 2 is 1.70 bits per heavy atom. The molecule has 0 unspecified atom stereocenters. The molecule has 0 radical (unpaired) electrons. The SMILES string of the molecule is CC(C)Oc1cc2c(cc1N)C(=O)N(C1CCN(C)CC1)C2=O. The van der Waals surface area contributed by atoms with Gasteiger partial charge in [-0.2, -0.15) is 0 Å². The van der Waals surface area contributed by atoms with Crippen molar-refractivity contribution >= 4 is 17.5 Å². The minimum absolute atomic E-state index is 0.0331. The minimum Gasteiger partial charge on any atom is -0.489 e. The van der Waals surface area contributed by atoms with Crippen LogP contribution in [0.25, 0.3) is 0 Å². The Morgan fingerprint density at radius 1 is 1.13 bits per heavy atom. The Kier molecular flexibility index (Phi) is 4.02. The first-order valence-electron chi connectivity index (χ1n) is 8.05. The summed E-state index contributed by atoms with van der Waals surface area (Å²) in [6, 6.07) is 3.15. The van der Waals surface area contributed by atoms with Crippen molar-refractivity contribution in [1.29, 1.82) is 0 Å². The van der Waals surface area contributed by atoms with Crippen molar-refractivity contribution < 1.29 is 14.3 Å². The van der Waals surface area contributed by atoms with Crippen LogP contribution >= 0.6 is 0 Å². The van der Waals surface area contributed by atoms with Crippen molar-refractivity contribution in [3.05, 3.63) is 23.3 Å². The van der Waals surface area contributed by atoms with Crippen LogP contribution in [0.3, 0.4) is 0 Å². The number of piperidine rings is 1. The number of imide groups is 1. The maximum Gasteiger partial charge on any atom is 0.261 e. The zero-order valence-electron chi connectivity index (χ0n) is 13.8. The zero-order valence-corrected chi connectivity index (χ0v) is 13.8. The molecule has 3 rings (SSSR count). The van der Waals surface area contributed by atoms with Gasteiger partial charge in [-0.25, -0.2) is 0 Å². The van der Waals surface area contributed by atoms with Crippen molar-refractivity contribution in [2.45, 2.75) is 38.8 Å². The van der Waals surface area contributed by atoms with Crippen LogP contribution in [0.5, 0.6) is 5.75 Å². The highest BCUT2D eigenvalue weighted by Gasteiger charge is 2.41. The fraction of sp³-hybridized carbons (Fsp3) is 0.529. The Hall–Kier alpha value is -2.08. The predicted octanol–water partition coefficient (Wildman–Crippen LogP) is 1.75. The second-order valence-electron chi connectivity index (χ2n) is 6.62. The number of carbonyl (C=O) groups excluding carboxylic acids is 2. The van der Waals surface area contributed by atoms with E-state index in [-0.39, 0.29) is 24.0 Å². The number of hydrogen-bond acceptors (Lipinski definition) is 5. The zero-order chi connectivity index (χ0) is 16.7. The van der Waals surface area contributed by atoms with E-state index in [0.717, 1.165) is 25.9 Å². The lowest BCUT2D eigenvalue weighted by atomic mass is 10.0. The summed E-state index contributed by atoms with van der Waals surface area (Å²) in [7, 11) is 2.05. The Labute approximate surface area is 136 Å². The van der Waals surface area contributed by atoms with Gasteiger partial charge in [-0.3, -0.25) is 14.5 Å². The lowest BCUT2D eigenvalue weighted by molar-refractivity contribution is 0.0516. The van der Waals surface area contributed by atoms with Crippen molar-refractivity contribution in [1.82, 2.24) is 9.80 Å². The number of nitrogens with two attached hydrogens (primary N) is 1. The normalized spacial score (nSPS) is 19.6. The van der Waals surface area contributed by atoms with Gasteiger partial charge in [0.15, 0.2) is 0 Å². The molecule has 1 aromatic rings. The largest absolute Gasteiger partial charge is 0.489 e. The summed E-state index contributed by atoms with van der Waals surface area (Å²) < 4.78 is 5.63. The topological polar surface area (TPSA) is 75.9 Å². The molecule has 6 nitrogen and oxygen atoms in total. The van der Waals surface area contributed by atoms with Crippen LogP contribution in [0, 0.1) is 0 Å². The summed E-state index contributed by atoms with van der Waals surface area (Å²) in [6.07, 6.45) is 1.58. The summed E-state index contributed by atoms with van der Waals surface area (Å²) >= 11 is 0. The van der Waals surface area contributed by atoms with E-state index < -0.39 is 0 Å². The molecule has 124 valence electrons. The Balaban J connectivity index is 1.90. The third-order valence-corrected chi connectivity index (χ3v) is 4.46. The van der Waals surface area contributed by atoms with Crippen molar-refractivity contribution in [2.75, 3.05) is 25.9 Å². The van der Waals surface area contributed by atoms with E-state index in [9.17, 15) is 9.59 Å². The minimum atomic E-state index is -0.234. The van der Waals surface area contributed by atoms with Crippen molar-refractivity contribution in [3.8, 4) is 5.75 Å². The molecular formula is C17H23N3O3. The quantitative estimate of drug-likeness (QED) is 0.679. The fourth-order valence-corrected chi connectivity index (χ4v) is 3.24. The second-order valence-corrected chi connectivity index (χ2v) is 6.62. The van der Waals surface area contributed by atoms with E-state index >= 15 is 0 Å². The lowest BCUT2D eigenvalue weighted by Gasteiger charge is -2.33. The van der Waals surface area contributed by atoms with E-state index in [0.29, 0.717) is 22.6 Å². The summed E-state index contributed by atoms with van der Waals surface area (Å²) in [5.41, 5.74) is 7.16. The molecule has 6 heteroatoms. The van der Waals surface area contributed by atoms with Crippen LogP contribution in [0.2, 0.25) is 0 Å². The predicted molar refractivity (Wildman–Crippen MR) is 87.6 cm³/mol. The number of nitrogen functional groups attached to an aromatic ring is 1. The Morgan fingerprint density at radius 3 is 2.26 bits per heavy atom. The van der Waals surface area contributed by atoms with Gasteiger partial charge in [0.2, 0.25) is 0 Å². The standard InChI is InChI=1S/C17H23N3O3/c1-10(2)23-15-9-13-12(8-14(15)18)16(21)20(17(13)22)11-4-6-19(3)7-5-11/h8-11H,4-7,18H2,1-3H3. The molecule has 0 saturated carbocycles. The van der Waals surface area contributed by atoms with E-state index in [2.05, 4.69) is 11.9 Å². The Bertz CT molecular complexity index is 649. The summed E-state index contributed by atoms with van der Waals surface area (Å²) in [6.45, 7) is 5.57.